The number of nitrogens with two attached hydrogens (primary N) is 2. The summed E-state index contributed by atoms with van der Waals surface area (Å²) in [6.45, 7) is 0. The summed E-state index contributed by atoms with van der Waals surface area (Å²) in [6.07, 6.45) is -16.0. The molecule has 0 bridgehead atoms. The highest BCUT2D eigenvalue weighted by molar-refractivity contribution is 6.61. The van der Waals surface area contributed by atoms with E-state index in [1.165, 1.54) is 48.5 Å². The van der Waals surface area contributed by atoms with Crippen LogP contribution in [0.15, 0.2) is 170 Å². The molecule has 0 radical (unpaired) electrons. The first-order chi connectivity index (χ1) is 43.6. The molecule has 7 aromatic carbocycles. The molecule has 0 saturated heterocycles. The molecular formula is C64H58ClF16N5O7. The first kappa shape index (κ1) is 73.4. The van der Waals surface area contributed by atoms with Gasteiger partial charge in [0.1, 0.15) is 40.5 Å². The minimum absolute atomic E-state index is 0.00183. The lowest BCUT2D eigenvalue weighted by atomic mass is 9.77. The molecule has 6 N–H and O–H groups in total. The lowest BCUT2D eigenvalue weighted by molar-refractivity contribution is -0.384. The van der Waals surface area contributed by atoms with E-state index in [4.69, 9.17) is 23.1 Å². The van der Waals surface area contributed by atoms with E-state index in [-0.39, 0.29) is 60.2 Å². The second-order valence-electron chi connectivity index (χ2n) is 21.4. The van der Waals surface area contributed by atoms with E-state index in [1.807, 2.05) is 0 Å². The number of alkyl halides is 12. The molecule has 0 spiro atoms. The number of urea groups is 1. The van der Waals surface area contributed by atoms with E-state index < -0.39 is 118 Å². The average Bonchev–Trinajstić information content (AvgIpc) is 0.776. The van der Waals surface area contributed by atoms with Crippen LogP contribution >= 0.6 is 11.6 Å². The number of hydrogen-bond acceptors (Lipinski definition) is 9. The van der Waals surface area contributed by atoms with E-state index in [2.05, 4.69) is 24.8 Å². The third-order valence-corrected chi connectivity index (χ3v) is 14.6. The Morgan fingerprint density at radius 2 is 1.02 bits per heavy atom. The van der Waals surface area contributed by atoms with Crippen LogP contribution in [0.25, 0.3) is 0 Å². The van der Waals surface area contributed by atoms with Crippen LogP contribution in [0.3, 0.4) is 0 Å². The van der Waals surface area contributed by atoms with Gasteiger partial charge in [-0.2, -0.15) is 35.1 Å². The predicted molar refractivity (Wildman–Crippen MR) is 310 cm³/mol. The Morgan fingerprint density at radius 3 is 1.46 bits per heavy atom. The molecular weight excluding hydrogens is 1290 g/mol. The van der Waals surface area contributed by atoms with E-state index >= 15 is 0 Å². The van der Waals surface area contributed by atoms with E-state index in [0.29, 0.717) is 42.5 Å². The van der Waals surface area contributed by atoms with Crippen molar-refractivity contribution in [2.24, 2.45) is 11.5 Å². The zero-order valence-corrected chi connectivity index (χ0v) is 49.2. The van der Waals surface area contributed by atoms with Gasteiger partial charge < -0.3 is 36.3 Å². The predicted octanol–water partition coefficient (Wildman–Crippen LogP) is 17.1. The number of benzene rings is 7. The lowest BCUT2D eigenvalue weighted by Gasteiger charge is -2.38. The molecule has 0 aliphatic heterocycles. The fourth-order valence-corrected chi connectivity index (χ4v) is 9.98. The van der Waals surface area contributed by atoms with Crippen LogP contribution in [-0.4, -0.2) is 65.4 Å². The number of hydrogen-bond donors (Lipinski definition) is 4. The number of amides is 2. The number of nitro benzene ring substituents is 1. The van der Waals surface area contributed by atoms with Crippen molar-refractivity contribution in [2.75, 3.05) is 0 Å². The van der Waals surface area contributed by atoms with Crippen molar-refractivity contribution in [3.63, 3.8) is 0 Å². The highest BCUT2D eigenvalue weighted by Gasteiger charge is 2.47. The van der Waals surface area contributed by atoms with Crippen molar-refractivity contribution in [1.82, 2.24) is 10.6 Å². The van der Waals surface area contributed by atoms with Crippen LogP contribution in [0.4, 0.5) is 85.5 Å². The largest absolute Gasteiger partial charge is 0.461 e. The Hall–Kier alpha value is -8.63. The summed E-state index contributed by atoms with van der Waals surface area (Å²) in [6, 6.07) is 32.9. The van der Waals surface area contributed by atoms with Gasteiger partial charge in [0, 0.05) is 55.1 Å². The van der Waals surface area contributed by atoms with Gasteiger partial charge in [-0.15, -0.1) is 0 Å². The van der Waals surface area contributed by atoms with E-state index in [9.17, 15) is 90.0 Å². The smallest absolute Gasteiger partial charge is 0.428 e. The summed E-state index contributed by atoms with van der Waals surface area (Å²) < 4.78 is 228. The number of non-ortho nitro benzene ring substituents is 1. The zero-order valence-electron chi connectivity index (χ0n) is 48.4. The molecule has 9 rings (SSSR count). The zero-order chi connectivity index (χ0) is 68.5. The molecule has 4 atom stereocenters. The van der Waals surface area contributed by atoms with Crippen molar-refractivity contribution in [2.45, 2.75) is 124 Å². The molecule has 500 valence electrons. The van der Waals surface area contributed by atoms with E-state index in [1.54, 1.807) is 60.7 Å². The van der Waals surface area contributed by atoms with Gasteiger partial charge in [0.2, 0.25) is 0 Å². The Morgan fingerprint density at radius 1 is 0.570 bits per heavy atom. The van der Waals surface area contributed by atoms with Crippen LogP contribution in [0.2, 0.25) is 0 Å². The van der Waals surface area contributed by atoms with Crippen LogP contribution in [0, 0.1) is 33.4 Å². The van der Waals surface area contributed by atoms with Gasteiger partial charge in [0.25, 0.3) is 17.5 Å². The Kier molecular flexibility index (Phi) is 25.1. The number of carbonyl (C=O) groups excluding carboxylic acids is 2. The van der Waals surface area contributed by atoms with Crippen LogP contribution < -0.4 is 36.3 Å². The summed E-state index contributed by atoms with van der Waals surface area (Å²) in [5.41, 5.74) is 8.80. The monoisotopic (exact) mass is 1350 g/mol. The maximum atomic E-state index is 14.9. The topological polar surface area (TPSA) is 181 Å². The maximum absolute atomic E-state index is 14.9. The number of nitrogens with one attached hydrogen (secondary N) is 2. The van der Waals surface area contributed by atoms with Gasteiger partial charge >= 0.3 is 36.5 Å². The normalized spacial score (nSPS) is 17.2. The summed E-state index contributed by atoms with van der Waals surface area (Å²) in [5.74, 6) is -10.8. The van der Waals surface area contributed by atoms with Gasteiger partial charge in [0.15, 0.2) is 0 Å². The Balaban J connectivity index is 0.000000227. The number of carbonyl (C=O) groups is 2. The molecule has 2 unspecified atom stereocenters. The molecule has 12 nitrogen and oxygen atoms in total. The fourth-order valence-electron chi connectivity index (χ4n) is 9.89. The molecule has 2 saturated carbocycles. The number of ether oxygens (including phenoxy) is 3. The molecule has 2 amide bonds. The first-order valence-corrected chi connectivity index (χ1v) is 28.4. The van der Waals surface area contributed by atoms with Gasteiger partial charge in [-0.3, -0.25) is 10.1 Å². The average molecular weight is 1350 g/mol. The van der Waals surface area contributed by atoms with Gasteiger partial charge in [-0.05, 0) is 126 Å². The number of rotatable bonds is 18. The maximum Gasteiger partial charge on any atom is 0.461 e. The SMILES string of the molecule is NC1CCCCC1(F)F.N[C@](Cc1ccccc1)(c1ccc(F)cc1)c1cc(F)cc(OC(F)(F)C(F)F)c1.O=C(Cl)Oc1ccc([N+](=O)[O-])cc1.O=C(NC1CCCCC1(F)F)N[C@](Cc1ccccc1)(c1ccc(F)cc1)c1cc(F)cc(OC(F)(F)C(F)F)c1. The van der Waals surface area contributed by atoms with Crippen LogP contribution in [-0.2, 0) is 23.9 Å². The molecule has 0 heterocycles. The highest BCUT2D eigenvalue weighted by atomic mass is 35.5. The second kappa shape index (κ2) is 31.8. The van der Waals surface area contributed by atoms with Crippen molar-refractivity contribution in [1.29, 1.82) is 0 Å². The third kappa shape index (κ3) is 20.9. The van der Waals surface area contributed by atoms with Crippen LogP contribution in [0.5, 0.6) is 17.2 Å². The van der Waals surface area contributed by atoms with Crippen molar-refractivity contribution in [3.8, 4) is 17.2 Å². The second-order valence-corrected chi connectivity index (χ2v) is 21.7. The molecule has 29 heteroatoms. The quantitative estimate of drug-likeness (QED) is 0.0281. The molecule has 0 aromatic heterocycles. The Bertz CT molecular complexity index is 3570. The molecule has 2 aliphatic rings. The van der Waals surface area contributed by atoms with Gasteiger partial charge in [-0.25, -0.2) is 44.7 Å². The third-order valence-electron chi connectivity index (χ3n) is 14.6. The summed E-state index contributed by atoms with van der Waals surface area (Å²) >= 11 is 4.92. The van der Waals surface area contributed by atoms with Crippen LogP contribution in [0.1, 0.15) is 84.7 Å². The van der Waals surface area contributed by atoms with Gasteiger partial charge in [0.05, 0.1) is 28.1 Å². The standard InChI is InChI=1S/C29H26F8N2O2.C22H17F6NO.C7H4ClNO4.C6H11F2N/c30-21-11-9-19(10-12-21)27(17-18-6-2-1-3-7-18,39-26(40)38-24-8-4-5-13-28(24,34)35)20-14-22(31)16-23(15-20)41-29(36,37)25(32)33;23-17-8-6-15(7-9-17)21(29,13-14-4-2-1-3-5-14)16-10-18(24)12-19(11-16)30-22(27,28)20(25)26;8-7(10)13-6-3-1-5(2-4-6)9(11)12;7-6(8)4-2-1-3-5(6)9/h1-3,6-7,9-12,14-16,24-25H,4-5,8,13,17H2,(H2,38,39,40);1-12,20H,13,29H2;1-4H;5H,1-4,9H2/t24?,27-;21-;;/m11../s1. The number of nitrogens with zero attached hydrogens (tertiary/aromatic N) is 1. The van der Waals surface area contributed by atoms with Crippen molar-refractivity contribution >= 4 is 28.7 Å². The fraction of sp³-hybridized carbons (Fsp3) is 0.312. The minimum Gasteiger partial charge on any atom is -0.428 e. The molecule has 7 aromatic rings. The van der Waals surface area contributed by atoms with Gasteiger partial charge in [-0.1, -0.05) is 97.8 Å². The molecule has 2 fully saturated rings. The van der Waals surface area contributed by atoms with Crippen molar-refractivity contribution < 1.29 is 99.0 Å². The van der Waals surface area contributed by atoms with Crippen molar-refractivity contribution in [3.05, 3.63) is 237 Å². The molecule has 2 aliphatic carbocycles. The summed E-state index contributed by atoms with van der Waals surface area (Å²) in [4.78, 5) is 33.2. The highest BCUT2D eigenvalue weighted by Crippen LogP contribution is 2.41. The Labute approximate surface area is 526 Å². The lowest BCUT2D eigenvalue weighted by Crippen LogP contribution is -2.57. The summed E-state index contributed by atoms with van der Waals surface area (Å²) in [7, 11) is 0. The number of halogens is 17. The van der Waals surface area contributed by atoms with E-state index in [0.717, 1.165) is 60.5 Å². The number of nitro groups is 1. The summed E-state index contributed by atoms with van der Waals surface area (Å²) in [5, 5.41) is 15.1. The minimum atomic E-state index is -4.97. The first-order valence-electron chi connectivity index (χ1n) is 28.1. The molecule has 93 heavy (non-hydrogen) atoms.